The highest BCUT2D eigenvalue weighted by atomic mass is 16.6. The molecule has 0 aromatic rings. The summed E-state index contributed by atoms with van der Waals surface area (Å²) in [6.45, 7) is 8.07. The fourth-order valence-electron chi connectivity index (χ4n) is 7.90. The van der Waals surface area contributed by atoms with Gasteiger partial charge in [0.2, 0.25) is 5.79 Å². The molecular weight excluding hydrogens is 336 g/mol. The summed E-state index contributed by atoms with van der Waals surface area (Å²) in [5, 5.41) is 45.1. The Morgan fingerprint density at radius 1 is 1.12 bits per heavy atom. The van der Waals surface area contributed by atoms with Crippen molar-refractivity contribution in [3.8, 4) is 0 Å². The van der Waals surface area contributed by atoms with Gasteiger partial charge in [-0.2, -0.15) is 0 Å². The number of hydrogen-bond acceptors (Lipinski definition) is 6. The van der Waals surface area contributed by atoms with Crippen LogP contribution in [-0.2, 0) is 9.53 Å². The van der Waals surface area contributed by atoms with E-state index < -0.39 is 58.5 Å². The van der Waals surface area contributed by atoms with Crippen molar-refractivity contribution in [2.75, 3.05) is 6.61 Å². The van der Waals surface area contributed by atoms with Crippen molar-refractivity contribution >= 4 is 5.78 Å². The van der Waals surface area contributed by atoms with Gasteiger partial charge in [-0.05, 0) is 42.6 Å². The molecule has 2 saturated heterocycles. The minimum atomic E-state index is -2.15. The van der Waals surface area contributed by atoms with E-state index in [4.69, 9.17) is 4.74 Å². The minimum absolute atomic E-state index is 0.0966. The predicted octanol–water partition coefficient (Wildman–Crippen LogP) is 0.376. The number of aliphatic hydroxyl groups excluding tert-OH is 3. The number of ketones is 1. The molecule has 6 rings (SSSR count). The lowest BCUT2D eigenvalue weighted by Gasteiger charge is -2.74. The first-order chi connectivity index (χ1) is 12.1. The van der Waals surface area contributed by atoms with E-state index in [0.29, 0.717) is 24.8 Å². The molecule has 4 bridgehead atoms. The highest BCUT2D eigenvalue weighted by molar-refractivity contribution is 6.05. The fourth-order valence-corrected chi connectivity index (χ4v) is 7.90. The average molecular weight is 364 g/mol. The largest absolute Gasteiger partial charge is 0.392 e. The molecular formula is C20H28O6. The number of fused-ring (bicyclic) bond motifs is 2. The van der Waals surface area contributed by atoms with Gasteiger partial charge in [0.15, 0.2) is 5.78 Å². The number of rotatable bonds is 0. The van der Waals surface area contributed by atoms with Crippen LogP contribution >= 0.6 is 0 Å². The molecule has 0 radical (unpaired) electrons. The molecule has 4 N–H and O–H groups in total. The molecule has 2 heterocycles. The van der Waals surface area contributed by atoms with Crippen molar-refractivity contribution in [3.63, 3.8) is 0 Å². The molecule has 26 heavy (non-hydrogen) atoms. The zero-order valence-corrected chi connectivity index (χ0v) is 15.3. The van der Waals surface area contributed by atoms with Gasteiger partial charge in [0.05, 0.1) is 18.8 Å². The first-order valence-corrected chi connectivity index (χ1v) is 9.71. The van der Waals surface area contributed by atoms with Crippen molar-refractivity contribution in [2.24, 2.45) is 34.0 Å². The first kappa shape index (κ1) is 17.3. The molecule has 6 heteroatoms. The maximum atomic E-state index is 13.3. The number of Topliss-reactive ketones (excluding diaryl/α,β-unsaturated/α-hetero) is 1. The molecule has 9 atom stereocenters. The monoisotopic (exact) mass is 364 g/mol. The maximum absolute atomic E-state index is 13.3. The summed E-state index contributed by atoms with van der Waals surface area (Å²) in [5.41, 5.74) is -2.49. The molecule has 6 aliphatic rings. The first-order valence-electron chi connectivity index (χ1n) is 9.71. The second kappa shape index (κ2) is 4.61. The van der Waals surface area contributed by atoms with Gasteiger partial charge in [0.25, 0.3) is 0 Å². The lowest BCUT2D eigenvalue weighted by Crippen LogP contribution is -2.85. The lowest BCUT2D eigenvalue weighted by atomic mass is 9.35. The minimum Gasteiger partial charge on any atom is -0.392 e. The van der Waals surface area contributed by atoms with Crippen molar-refractivity contribution in [3.05, 3.63) is 12.2 Å². The third kappa shape index (κ3) is 1.41. The second-order valence-electron chi connectivity index (χ2n) is 9.97. The van der Waals surface area contributed by atoms with E-state index in [1.54, 1.807) is 0 Å². The van der Waals surface area contributed by atoms with E-state index in [1.807, 2.05) is 13.8 Å². The Balaban J connectivity index is 1.81. The molecule has 4 saturated carbocycles. The molecule has 4 aliphatic carbocycles. The van der Waals surface area contributed by atoms with Gasteiger partial charge in [0.1, 0.15) is 11.5 Å². The van der Waals surface area contributed by atoms with Crippen LogP contribution in [0.1, 0.15) is 39.5 Å². The quantitative estimate of drug-likeness (QED) is 0.463. The summed E-state index contributed by atoms with van der Waals surface area (Å²) >= 11 is 0. The zero-order valence-electron chi connectivity index (χ0n) is 15.3. The van der Waals surface area contributed by atoms with Crippen LogP contribution in [-0.4, -0.2) is 56.9 Å². The van der Waals surface area contributed by atoms with Gasteiger partial charge in [0, 0.05) is 17.3 Å². The Morgan fingerprint density at radius 3 is 2.50 bits per heavy atom. The number of ether oxygens (including phenoxy) is 1. The molecule has 6 nitrogen and oxygen atoms in total. The summed E-state index contributed by atoms with van der Waals surface area (Å²) in [7, 11) is 0. The normalized spacial score (nSPS) is 59.9. The molecule has 2 spiro atoms. The average Bonchev–Trinajstić information content (AvgIpc) is 2.69. The second-order valence-corrected chi connectivity index (χ2v) is 9.97. The molecule has 144 valence electrons. The summed E-state index contributed by atoms with van der Waals surface area (Å²) in [5.74, 6) is -3.80. The zero-order chi connectivity index (χ0) is 18.9. The smallest absolute Gasteiger partial charge is 0.208 e. The van der Waals surface area contributed by atoms with Crippen molar-refractivity contribution in [1.82, 2.24) is 0 Å². The third-order valence-corrected chi connectivity index (χ3v) is 8.88. The Kier molecular flexibility index (Phi) is 3.07. The summed E-state index contributed by atoms with van der Waals surface area (Å²) < 4.78 is 5.80. The standard InChI is InChI=1S/C20H28O6/c1-9-10-4-5-11-18-8-26-20(25,19(11,14(9)22)15(10)23)16(24)13(18)17(2,3)7-6-12(18)21/h10-13,15-16,21,23-25H,1,4-8H2,2-3H3/t10-,11-,12+,13?,15?,16-,18+,19-,20+/m0/s1. The number of carbonyl (C=O) groups is 1. The Labute approximate surface area is 152 Å². The van der Waals surface area contributed by atoms with E-state index in [0.717, 1.165) is 6.42 Å². The highest BCUT2D eigenvalue weighted by Crippen LogP contribution is 2.76. The van der Waals surface area contributed by atoms with Crippen molar-refractivity contribution < 1.29 is 30.0 Å². The van der Waals surface area contributed by atoms with Crippen LogP contribution in [0.15, 0.2) is 12.2 Å². The molecule has 0 aromatic heterocycles. The summed E-state index contributed by atoms with van der Waals surface area (Å²) in [4.78, 5) is 13.3. The van der Waals surface area contributed by atoms with Gasteiger partial charge in [-0.1, -0.05) is 20.4 Å². The SMILES string of the molecule is C=C1C(=O)[C@]23C(O)[C@H]1CC[C@H]2[C@@]12CO[C@]3(O)[C@@H](O)C1C(C)(C)CC[C@H]2O. The van der Waals surface area contributed by atoms with Crippen molar-refractivity contribution in [1.29, 1.82) is 0 Å². The van der Waals surface area contributed by atoms with E-state index >= 15 is 0 Å². The van der Waals surface area contributed by atoms with Crippen LogP contribution < -0.4 is 0 Å². The van der Waals surface area contributed by atoms with Crippen molar-refractivity contribution in [2.45, 2.75) is 63.6 Å². The van der Waals surface area contributed by atoms with E-state index in [9.17, 15) is 25.2 Å². The van der Waals surface area contributed by atoms with Crippen LogP contribution in [0, 0.1) is 34.0 Å². The molecule has 6 fully saturated rings. The van der Waals surface area contributed by atoms with Crippen LogP contribution in [0.4, 0.5) is 0 Å². The van der Waals surface area contributed by atoms with E-state index in [2.05, 4.69) is 6.58 Å². The summed E-state index contributed by atoms with van der Waals surface area (Å²) in [6.07, 6.45) is -0.747. The maximum Gasteiger partial charge on any atom is 0.208 e. The molecule has 0 amide bonds. The lowest BCUT2D eigenvalue weighted by molar-refractivity contribution is -0.458. The van der Waals surface area contributed by atoms with E-state index in [1.165, 1.54) is 0 Å². The molecule has 2 unspecified atom stereocenters. The molecule has 2 aliphatic heterocycles. The number of carbonyl (C=O) groups excluding carboxylic acids is 1. The van der Waals surface area contributed by atoms with Gasteiger partial charge in [-0.3, -0.25) is 4.79 Å². The van der Waals surface area contributed by atoms with Crippen LogP contribution in [0.25, 0.3) is 0 Å². The number of aliphatic hydroxyl groups is 4. The highest BCUT2D eigenvalue weighted by Gasteiger charge is 2.86. The molecule has 0 aromatic carbocycles. The van der Waals surface area contributed by atoms with Crippen LogP contribution in [0.5, 0.6) is 0 Å². The van der Waals surface area contributed by atoms with Gasteiger partial charge in [-0.15, -0.1) is 0 Å². The Bertz CT molecular complexity index is 717. The Hall–Kier alpha value is -0.790. The van der Waals surface area contributed by atoms with Gasteiger partial charge in [-0.25, -0.2) is 0 Å². The topological polar surface area (TPSA) is 107 Å². The fraction of sp³-hybridized carbons (Fsp3) is 0.850. The number of hydrogen-bond donors (Lipinski definition) is 4. The van der Waals surface area contributed by atoms with Crippen LogP contribution in [0.3, 0.4) is 0 Å². The third-order valence-electron chi connectivity index (χ3n) is 8.88. The Morgan fingerprint density at radius 2 is 1.81 bits per heavy atom. The van der Waals surface area contributed by atoms with Gasteiger partial charge < -0.3 is 25.2 Å². The van der Waals surface area contributed by atoms with E-state index in [-0.39, 0.29) is 12.0 Å². The van der Waals surface area contributed by atoms with Crippen LogP contribution in [0.2, 0.25) is 0 Å². The summed E-state index contributed by atoms with van der Waals surface area (Å²) in [6, 6.07) is 0. The van der Waals surface area contributed by atoms with Gasteiger partial charge >= 0.3 is 0 Å². The predicted molar refractivity (Wildman–Crippen MR) is 90.7 cm³/mol.